The molecule has 4 heterocycles. The summed E-state index contributed by atoms with van der Waals surface area (Å²) in [4.78, 5) is 11.3. The average Bonchev–Trinajstić information content (AvgIpc) is 3.03. The van der Waals surface area contributed by atoms with Gasteiger partial charge in [0.2, 0.25) is 0 Å². The van der Waals surface area contributed by atoms with Crippen LogP contribution in [-0.2, 0) is 29.1 Å². The summed E-state index contributed by atoms with van der Waals surface area (Å²) in [6.45, 7) is 7.19. The molecule has 2 aromatic heterocycles. The molecular weight excluding hydrogens is 328 g/mol. The summed E-state index contributed by atoms with van der Waals surface area (Å²) >= 11 is 0. The van der Waals surface area contributed by atoms with Gasteiger partial charge in [0.15, 0.2) is 0 Å². The van der Waals surface area contributed by atoms with E-state index < -0.39 is 0 Å². The van der Waals surface area contributed by atoms with Crippen LogP contribution in [0.25, 0.3) is 0 Å². The maximum Gasteiger partial charge on any atom is 0.0948 e. The van der Waals surface area contributed by atoms with E-state index in [0.717, 1.165) is 71.1 Å². The summed E-state index contributed by atoms with van der Waals surface area (Å²) in [5.74, 6) is 1.12. The molecule has 4 rings (SSSR count). The second-order valence-electron chi connectivity index (χ2n) is 7.49. The molecule has 1 saturated heterocycles. The number of hydrogen-bond donors (Lipinski definition) is 0. The van der Waals surface area contributed by atoms with Gasteiger partial charge in [0.1, 0.15) is 0 Å². The number of nitrogens with zero attached hydrogens (tertiary/aromatic N) is 4. The molecule has 1 atom stereocenters. The molecule has 1 unspecified atom stereocenters. The molecule has 0 aromatic carbocycles. The van der Waals surface area contributed by atoms with Crippen LogP contribution in [-0.4, -0.2) is 52.4 Å². The second-order valence-corrected chi connectivity index (χ2v) is 7.49. The van der Waals surface area contributed by atoms with Crippen molar-refractivity contribution in [3.63, 3.8) is 0 Å². The summed E-state index contributed by atoms with van der Waals surface area (Å²) in [5, 5.41) is 0. The van der Waals surface area contributed by atoms with Gasteiger partial charge in [0.25, 0.3) is 0 Å². The molecule has 2 aromatic rings. The van der Waals surface area contributed by atoms with Crippen molar-refractivity contribution in [2.45, 2.75) is 32.5 Å². The van der Waals surface area contributed by atoms with Gasteiger partial charge in [-0.05, 0) is 30.9 Å². The molecule has 0 amide bonds. The van der Waals surface area contributed by atoms with Crippen molar-refractivity contribution < 1.29 is 9.47 Å². The first-order chi connectivity index (χ1) is 12.9. The van der Waals surface area contributed by atoms with Crippen LogP contribution in [0.2, 0.25) is 0 Å². The number of ether oxygens (including phenoxy) is 2. The summed E-state index contributed by atoms with van der Waals surface area (Å²) in [6, 6.07) is 6.12. The smallest absolute Gasteiger partial charge is 0.0948 e. The Morgan fingerprint density at radius 2 is 2.00 bits per heavy atom. The van der Waals surface area contributed by atoms with Crippen LogP contribution in [0.1, 0.15) is 24.2 Å². The Labute approximate surface area is 155 Å². The highest BCUT2D eigenvalue weighted by Crippen LogP contribution is 2.20. The van der Waals surface area contributed by atoms with E-state index in [0.29, 0.717) is 11.8 Å². The van der Waals surface area contributed by atoms with Crippen LogP contribution >= 0.6 is 0 Å². The number of aromatic nitrogens is 3. The Hall–Kier alpha value is -1.76. The standard InChI is InChI=1S/C20H28N4O2/c1-2-6-22-19(3-1)12-23-10-18(11-24-16-21-9-20(24)13-23)15-26-14-17-4-7-25-8-5-17/h1-3,6,9,16-18H,4-5,7-8,10-15H2. The van der Waals surface area contributed by atoms with E-state index >= 15 is 0 Å². The predicted molar refractivity (Wildman–Crippen MR) is 98.4 cm³/mol. The highest BCUT2D eigenvalue weighted by Gasteiger charge is 2.23. The molecule has 2 aliphatic heterocycles. The van der Waals surface area contributed by atoms with E-state index in [9.17, 15) is 0 Å². The third-order valence-corrected chi connectivity index (χ3v) is 5.32. The lowest BCUT2D eigenvalue weighted by molar-refractivity contribution is 0.00630. The zero-order valence-electron chi connectivity index (χ0n) is 15.3. The summed E-state index contributed by atoms with van der Waals surface area (Å²) < 4.78 is 13.8. The van der Waals surface area contributed by atoms with E-state index in [4.69, 9.17) is 9.47 Å². The van der Waals surface area contributed by atoms with Crippen molar-refractivity contribution in [2.75, 3.05) is 33.0 Å². The minimum Gasteiger partial charge on any atom is -0.381 e. The number of imidazole rings is 1. The SMILES string of the molecule is c1ccc(CN2Cc3cncn3CC(COCC3CCOCC3)C2)nc1. The van der Waals surface area contributed by atoms with Crippen LogP contribution in [0.5, 0.6) is 0 Å². The monoisotopic (exact) mass is 356 g/mol. The van der Waals surface area contributed by atoms with Gasteiger partial charge < -0.3 is 14.0 Å². The molecule has 0 spiro atoms. The van der Waals surface area contributed by atoms with Gasteiger partial charge in [-0.1, -0.05) is 6.07 Å². The van der Waals surface area contributed by atoms with E-state index in [-0.39, 0.29) is 0 Å². The molecule has 0 bridgehead atoms. The van der Waals surface area contributed by atoms with Crippen molar-refractivity contribution in [3.8, 4) is 0 Å². The van der Waals surface area contributed by atoms with Crippen molar-refractivity contribution in [1.82, 2.24) is 19.4 Å². The molecule has 6 heteroatoms. The third kappa shape index (κ3) is 4.69. The fourth-order valence-corrected chi connectivity index (χ4v) is 3.90. The molecule has 1 fully saturated rings. The first-order valence-corrected chi connectivity index (χ1v) is 9.63. The van der Waals surface area contributed by atoms with Gasteiger partial charge in [-0.25, -0.2) is 4.98 Å². The zero-order chi connectivity index (χ0) is 17.6. The molecule has 0 saturated carbocycles. The van der Waals surface area contributed by atoms with Crippen LogP contribution in [0, 0.1) is 11.8 Å². The topological polar surface area (TPSA) is 52.4 Å². The number of fused-ring (bicyclic) bond motifs is 1. The van der Waals surface area contributed by atoms with Crippen molar-refractivity contribution in [3.05, 3.63) is 48.3 Å². The Kier molecular flexibility index (Phi) is 5.94. The molecule has 0 N–H and O–H groups in total. The second kappa shape index (κ2) is 8.75. The maximum atomic E-state index is 6.13. The maximum absolute atomic E-state index is 6.13. The predicted octanol–water partition coefficient (Wildman–Crippen LogP) is 2.35. The lowest BCUT2D eigenvalue weighted by Crippen LogP contribution is -2.31. The summed E-state index contributed by atoms with van der Waals surface area (Å²) in [6.07, 6.45) is 8.05. The van der Waals surface area contributed by atoms with E-state index in [1.165, 1.54) is 5.69 Å². The highest BCUT2D eigenvalue weighted by atomic mass is 16.5. The fraction of sp³-hybridized carbons (Fsp3) is 0.600. The van der Waals surface area contributed by atoms with Crippen LogP contribution < -0.4 is 0 Å². The van der Waals surface area contributed by atoms with Crippen LogP contribution in [0.3, 0.4) is 0 Å². The fourth-order valence-electron chi connectivity index (χ4n) is 3.90. The number of hydrogen-bond acceptors (Lipinski definition) is 5. The normalized spacial score (nSPS) is 22.1. The van der Waals surface area contributed by atoms with Crippen LogP contribution in [0.4, 0.5) is 0 Å². The van der Waals surface area contributed by atoms with Gasteiger partial charge in [0, 0.05) is 64.3 Å². The summed E-state index contributed by atoms with van der Waals surface area (Å²) in [5.41, 5.74) is 2.38. The van der Waals surface area contributed by atoms with Gasteiger partial charge in [-0.2, -0.15) is 0 Å². The molecule has 26 heavy (non-hydrogen) atoms. The lowest BCUT2D eigenvalue weighted by Gasteiger charge is -2.25. The van der Waals surface area contributed by atoms with Gasteiger partial charge in [-0.3, -0.25) is 9.88 Å². The molecule has 0 radical (unpaired) electrons. The zero-order valence-corrected chi connectivity index (χ0v) is 15.3. The van der Waals surface area contributed by atoms with Gasteiger partial charge in [-0.15, -0.1) is 0 Å². The number of pyridine rings is 1. The van der Waals surface area contributed by atoms with Crippen molar-refractivity contribution in [1.29, 1.82) is 0 Å². The molecule has 140 valence electrons. The Bertz CT molecular complexity index is 669. The lowest BCUT2D eigenvalue weighted by atomic mass is 10.0. The van der Waals surface area contributed by atoms with Crippen molar-refractivity contribution in [2.24, 2.45) is 11.8 Å². The third-order valence-electron chi connectivity index (χ3n) is 5.32. The van der Waals surface area contributed by atoms with Crippen molar-refractivity contribution >= 4 is 0 Å². The van der Waals surface area contributed by atoms with E-state index in [1.807, 2.05) is 24.8 Å². The molecule has 6 nitrogen and oxygen atoms in total. The molecular formula is C20H28N4O2. The Morgan fingerprint density at radius 1 is 1.12 bits per heavy atom. The minimum absolute atomic E-state index is 0.467. The number of rotatable bonds is 6. The quantitative estimate of drug-likeness (QED) is 0.795. The van der Waals surface area contributed by atoms with Gasteiger partial charge in [0.05, 0.1) is 24.3 Å². The van der Waals surface area contributed by atoms with Crippen LogP contribution in [0.15, 0.2) is 36.9 Å². The summed E-state index contributed by atoms with van der Waals surface area (Å²) in [7, 11) is 0. The van der Waals surface area contributed by atoms with E-state index in [1.54, 1.807) is 0 Å². The van der Waals surface area contributed by atoms with E-state index in [2.05, 4.69) is 31.6 Å². The minimum atomic E-state index is 0.467. The molecule has 0 aliphatic carbocycles. The average molecular weight is 356 g/mol. The largest absolute Gasteiger partial charge is 0.381 e. The first-order valence-electron chi connectivity index (χ1n) is 9.63. The Balaban J connectivity index is 1.36. The first kappa shape index (κ1) is 17.6. The van der Waals surface area contributed by atoms with Gasteiger partial charge >= 0.3 is 0 Å². The molecule has 2 aliphatic rings. The highest BCUT2D eigenvalue weighted by molar-refractivity contribution is 5.05. The Morgan fingerprint density at radius 3 is 2.85 bits per heavy atom.